The van der Waals surface area contributed by atoms with Crippen LogP contribution < -0.4 is 0 Å². The summed E-state index contributed by atoms with van der Waals surface area (Å²) in [6, 6.07) is 0. The number of unbranched alkanes of at least 4 members (excludes halogenated alkanes) is 1. The molecule has 0 bridgehead atoms. The van der Waals surface area contributed by atoms with Gasteiger partial charge in [-0.3, -0.25) is 4.39 Å². The molecule has 0 saturated carbocycles. The number of alkyl halides is 1. The van der Waals surface area contributed by atoms with E-state index in [4.69, 9.17) is 0 Å². The molecule has 0 fully saturated rings. The van der Waals surface area contributed by atoms with E-state index in [1.165, 1.54) is 0 Å². The quantitative estimate of drug-likeness (QED) is 0.566. The molecule has 3 heteroatoms. The minimum Gasteiger partial charge on any atom is -0.251 e. The van der Waals surface area contributed by atoms with E-state index < -0.39 is 0 Å². The van der Waals surface area contributed by atoms with Gasteiger partial charge in [0.2, 0.25) is 0 Å². The highest BCUT2D eigenvalue weighted by Crippen LogP contribution is 1.83. The van der Waals surface area contributed by atoms with E-state index in [9.17, 15) is 4.39 Å². The van der Waals surface area contributed by atoms with Crippen molar-refractivity contribution in [2.45, 2.75) is 19.8 Å². The molecule has 0 atom stereocenters. The lowest BCUT2D eigenvalue weighted by atomic mass is 10.4. The standard InChI is InChI=1S/C4H9F.2ClH/c1-2-3-4-5;;/h2-4H2,1H3;2*1H. The van der Waals surface area contributed by atoms with E-state index in [1.54, 1.807) is 0 Å². The topological polar surface area (TPSA) is 0 Å². The monoisotopic (exact) mass is 148 g/mol. The molecule has 0 spiro atoms. The zero-order chi connectivity index (χ0) is 4.12. The summed E-state index contributed by atoms with van der Waals surface area (Å²) in [5.74, 6) is 0. The van der Waals surface area contributed by atoms with Crippen LogP contribution in [0.1, 0.15) is 19.8 Å². The first-order valence-electron chi connectivity index (χ1n) is 1.97. The van der Waals surface area contributed by atoms with Gasteiger partial charge < -0.3 is 0 Å². The molecule has 0 radical (unpaired) electrons. The number of rotatable bonds is 2. The molecule has 7 heavy (non-hydrogen) atoms. The highest BCUT2D eigenvalue weighted by Gasteiger charge is 1.71. The molecule has 0 nitrogen and oxygen atoms in total. The first-order valence-corrected chi connectivity index (χ1v) is 1.97. The van der Waals surface area contributed by atoms with Crippen LogP contribution in [0.25, 0.3) is 0 Å². The minimum absolute atomic E-state index is 0. The van der Waals surface area contributed by atoms with Crippen LogP contribution in [-0.4, -0.2) is 6.67 Å². The van der Waals surface area contributed by atoms with Crippen molar-refractivity contribution in [1.82, 2.24) is 0 Å². The van der Waals surface area contributed by atoms with E-state index in [0.29, 0.717) is 0 Å². The van der Waals surface area contributed by atoms with Crippen molar-refractivity contribution in [1.29, 1.82) is 0 Å². The first-order chi connectivity index (χ1) is 2.41. The van der Waals surface area contributed by atoms with Gasteiger partial charge in [-0.15, -0.1) is 24.8 Å². The smallest absolute Gasteiger partial charge is 0.0894 e. The van der Waals surface area contributed by atoms with Gasteiger partial charge in [0.25, 0.3) is 0 Å². The zero-order valence-electron chi connectivity index (χ0n) is 4.32. The summed E-state index contributed by atoms with van der Waals surface area (Å²) in [6.07, 6.45) is 1.69. The van der Waals surface area contributed by atoms with Gasteiger partial charge in [-0.25, -0.2) is 0 Å². The summed E-state index contributed by atoms with van der Waals surface area (Å²) in [5.41, 5.74) is 0. The average molecular weight is 149 g/mol. The van der Waals surface area contributed by atoms with Gasteiger partial charge in [-0.05, 0) is 6.42 Å². The maximum absolute atomic E-state index is 11.0. The van der Waals surface area contributed by atoms with E-state index in [2.05, 4.69) is 0 Å². The lowest BCUT2D eigenvalue weighted by Gasteiger charge is -1.76. The molecule has 0 heterocycles. The van der Waals surface area contributed by atoms with Crippen LogP contribution in [0.3, 0.4) is 0 Å². The van der Waals surface area contributed by atoms with Crippen LogP contribution >= 0.6 is 24.8 Å². The summed E-state index contributed by atoms with van der Waals surface area (Å²) in [5, 5.41) is 0. The van der Waals surface area contributed by atoms with Gasteiger partial charge in [-0.2, -0.15) is 0 Å². The van der Waals surface area contributed by atoms with Crippen molar-refractivity contribution in [2.24, 2.45) is 0 Å². The molecule has 0 saturated heterocycles. The molecule has 48 valence electrons. The largest absolute Gasteiger partial charge is 0.251 e. The van der Waals surface area contributed by atoms with E-state index >= 15 is 0 Å². The average Bonchev–Trinajstić information content (AvgIpc) is 1.41. The molecule has 0 aromatic rings. The second-order valence-corrected chi connectivity index (χ2v) is 1.04. The predicted molar refractivity (Wildman–Crippen MR) is 35.4 cm³/mol. The van der Waals surface area contributed by atoms with E-state index in [0.717, 1.165) is 12.8 Å². The van der Waals surface area contributed by atoms with Crippen molar-refractivity contribution >= 4 is 24.8 Å². The third-order valence-electron chi connectivity index (χ3n) is 0.487. The third kappa shape index (κ3) is 21.0. The van der Waals surface area contributed by atoms with Gasteiger partial charge in [0, 0.05) is 0 Å². The lowest BCUT2D eigenvalue weighted by molar-refractivity contribution is 0.469. The Hall–Kier alpha value is 0.510. The summed E-state index contributed by atoms with van der Waals surface area (Å²) in [7, 11) is 0. The zero-order valence-corrected chi connectivity index (χ0v) is 5.95. The highest BCUT2D eigenvalue weighted by atomic mass is 35.5. The summed E-state index contributed by atoms with van der Waals surface area (Å²) >= 11 is 0. The Morgan fingerprint density at radius 1 is 1.29 bits per heavy atom. The maximum atomic E-state index is 11.0. The van der Waals surface area contributed by atoms with E-state index in [1.807, 2.05) is 6.92 Å². The molecular formula is C4H11Cl2F. The number of hydrogen-bond acceptors (Lipinski definition) is 0. The molecule has 0 aliphatic heterocycles. The molecule has 0 amide bonds. The number of halogens is 3. The fourth-order valence-electron chi connectivity index (χ4n) is 0.134. The minimum atomic E-state index is -0.156. The molecule has 0 rings (SSSR count). The Bertz CT molecular complexity index is 17.2. The van der Waals surface area contributed by atoms with Gasteiger partial charge in [-0.1, -0.05) is 13.3 Å². The Morgan fingerprint density at radius 2 is 1.71 bits per heavy atom. The maximum Gasteiger partial charge on any atom is 0.0894 e. The van der Waals surface area contributed by atoms with Crippen LogP contribution in [0, 0.1) is 0 Å². The summed E-state index contributed by atoms with van der Waals surface area (Å²) < 4.78 is 11.0. The van der Waals surface area contributed by atoms with Crippen LogP contribution in [0.15, 0.2) is 0 Å². The summed E-state index contributed by atoms with van der Waals surface area (Å²) in [6.45, 7) is 1.82. The molecular weight excluding hydrogens is 138 g/mol. The van der Waals surface area contributed by atoms with Crippen molar-refractivity contribution < 1.29 is 4.39 Å². The molecule has 0 aliphatic rings. The molecule has 0 aliphatic carbocycles. The second kappa shape index (κ2) is 16.0. The first kappa shape index (κ1) is 15.6. The Morgan fingerprint density at radius 3 is 1.71 bits per heavy atom. The van der Waals surface area contributed by atoms with Crippen LogP contribution in [0.5, 0.6) is 0 Å². The van der Waals surface area contributed by atoms with Crippen molar-refractivity contribution in [3.8, 4) is 0 Å². The van der Waals surface area contributed by atoms with Gasteiger partial charge in [0.05, 0.1) is 6.67 Å². The summed E-state index contributed by atoms with van der Waals surface area (Å²) in [4.78, 5) is 0. The van der Waals surface area contributed by atoms with Crippen molar-refractivity contribution in [3.05, 3.63) is 0 Å². The normalized spacial score (nSPS) is 6.00. The van der Waals surface area contributed by atoms with Crippen molar-refractivity contribution in [2.75, 3.05) is 6.67 Å². The SMILES string of the molecule is CCCCF.Cl.Cl. The molecule has 0 aromatic heterocycles. The molecule has 0 aromatic carbocycles. The van der Waals surface area contributed by atoms with Crippen LogP contribution in [-0.2, 0) is 0 Å². The third-order valence-corrected chi connectivity index (χ3v) is 0.487. The van der Waals surface area contributed by atoms with Crippen molar-refractivity contribution in [3.63, 3.8) is 0 Å². The highest BCUT2D eigenvalue weighted by molar-refractivity contribution is 5.85. The van der Waals surface area contributed by atoms with Crippen LogP contribution in [0.2, 0.25) is 0 Å². The Labute approximate surface area is 56.3 Å². The van der Waals surface area contributed by atoms with E-state index in [-0.39, 0.29) is 31.5 Å². The fourth-order valence-corrected chi connectivity index (χ4v) is 0.134. The molecule has 0 N–H and O–H groups in total. The second-order valence-electron chi connectivity index (χ2n) is 1.04. The predicted octanol–water partition coefficient (Wildman–Crippen LogP) is 2.60. The molecule has 0 unspecified atom stereocenters. The lowest BCUT2D eigenvalue weighted by Crippen LogP contribution is -1.67. The van der Waals surface area contributed by atoms with Gasteiger partial charge in [0.1, 0.15) is 0 Å². The van der Waals surface area contributed by atoms with Crippen LogP contribution in [0.4, 0.5) is 4.39 Å². The number of hydrogen-bond donors (Lipinski definition) is 0. The van der Waals surface area contributed by atoms with Gasteiger partial charge in [0.15, 0.2) is 0 Å². The fraction of sp³-hybridized carbons (Fsp3) is 1.00. The Balaban J connectivity index is -0.0000000800. The Kier molecular flexibility index (Phi) is 35.9. The van der Waals surface area contributed by atoms with Gasteiger partial charge >= 0.3 is 0 Å².